The Labute approximate surface area is 49.2 Å². The summed E-state index contributed by atoms with van der Waals surface area (Å²) in [7, 11) is 0. The van der Waals surface area contributed by atoms with Gasteiger partial charge in [-0.15, -0.1) is 0 Å². The monoisotopic (exact) mass is 109 g/mol. The molecule has 2 nitrogen and oxygen atoms in total. The van der Waals surface area contributed by atoms with Gasteiger partial charge < -0.3 is 4.57 Å². The van der Waals surface area contributed by atoms with E-state index in [0.29, 0.717) is 0 Å². The van der Waals surface area contributed by atoms with Crippen molar-refractivity contribution in [2.75, 3.05) is 0 Å². The first-order valence-corrected chi connectivity index (χ1v) is 2.61. The van der Waals surface area contributed by atoms with E-state index in [2.05, 4.69) is 11.9 Å². The minimum absolute atomic E-state index is 0.289. The van der Waals surface area contributed by atoms with Crippen molar-refractivity contribution in [1.82, 2.24) is 9.55 Å². The second-order valence-corrected chi connectivity index (χ2v) is 1.86. The Morgan fingerprint density at radius 3 is 2.75 bits per heavy atom. The first-order valence-electron chi connectivity index (χ1n) is 2.61. The fraction of sp³-hybridized carbons (Fsp3) is 0.333. The second kappa shape index (κ2) is 1.99. The van der Waals surface area contributed by atoms with Gasteiger partial charge in [0.05, 0.1) is 6.33 Å². The smallest absolute Gasteiger partial charge is 0.0948 e. The zero-order valence-electron chi connectivity index (χ0n) is 4.91. The maximum atomic E-state index is 3.87. The molecule has 0 fully saturated rings. The van der Waals surface area contributed by atoms with E-state index in [1.54, 1.807) is 12.5 Å². The van der Waals surface area contributed by atoms with E-state index in [4.69, 9.17) is 0 Å². The molecule has 0 saturated heterocycles. The molecule has 0 aliphatic carbocycles. The summed E-state index contributed by atoms with van der Waals surface area (Å²) in [6, 6.07) is 0.289. The highest BCUT2D eigenvalue weighted by Gasteiger charge is 1.91. The fourth-order valence-electron chi connectivity index (χ4n) is 0.530. The molecule has 1 unspecified atom stereocenters. The van der Waals surface area contributed by atoms with Crippen LogP contribution in [0, 0.1) is 6.92 Å². The highest BCUT2D eigenvalue weighted by molar-refractivity contribution is 4.79. The third-order valence-corrected chi connectivity index (χ3v) is 1.03. The third kappa shape index (κ3) is 0.886. The van der Waals surface area contributed by atoms with Crippen LogP contribution in [0.2, 0.25) is 0 Å². The van der Waals surface area contributed by atoms with Crippen LogP contribution in [-0.2, 0) is 0 Å². The van der Waals surface area contributed by atoms with E-state index in [9.17, 15) is 0 Å². The van der Waals surface area contributed by atoms with Crippen LogP contribution in [0.3, 0.4) is 0 Å². The number of hydrogen-bond donors (Lipinski definition) is 0. The molecule has 1 aromatic heterocycles. The summed E-state index contributed by atoms with van der Waals surface area (Å²) in [5.74, 6) is 0. The molecule has 1 radical (unpaired) electrons. The molecule has 1 atom stereocenters. The normalized spacial score (nSPS) is 10.4. The van der Waals surface area contributed by atoms with E-state index >= 15 is 0 Å². The number of aromatic nitrogens is 2. The van der Waals surface area contributed by atoms with Gasteiger partial charge in [0, 0.05) is 18.4 Å². The zero-order chi connectivity index (χ0) is 5.98. The Hall–Kier alpha value is -0.790. The summed E-state index contributed by atoms with van der Waals surface area (Å²) in [5, 5.41) is 0. The van der Waals surface area contributed by atoms with Crippen molar-refractivity contribution in [3.63, 3.8) is 0 Å². The van der Waals surface area contributed by atoms with Gasteiger partial charge in [0.15, 0.2) is 0 Å². The van der Waals surface area contributed by atoms with Crippen molar-refractivity contribution < 1.29 is 0 Å². The van der Waals surface area contributed by atoms with Crippen molar-refractivity contribution in [2.24, 2.45) is 0 Å². The van der Waals surface area contributed by atoms with Crippen molar-refractivity contribution >= 4 is 0 Å². The molecule has 43 valence electrons. The largest absolute Gasteiger partial charge is 0.335 e. The molecule has 0 bridgehead atoms. The second-order valence-electron chi connectivity index (χ2n) is 1.86. The van der Waals surface area contributed by atoms with Gasteiger partial charge in [0.1, 0.15) is 0 Å². The van der Waals surface area contributed by atoms with Crippen molar-refractivity contribution in [3.05, 3.63) is 25.6 Å². The number of nitrogens with zero attached hydrogens (tertiary/aromatic N) is 2. The molecule has 0 aliphatic heterocycles. The lowest BCUT2D eigenvalue weighted by atomic mass is 10.4. The molecule has 0 aromatic carbocycles. The summed E-state index contributed by atoms with van der Waals surface area (Å²) < 4.78 is 1.94. The van der Waals surface area contributed by atoms with Crippen molar-refractivity contribution in [3.8, 4) is 0 Å². The van der Waals surface area contributed by atoms with Gasteiger partial charge in [-0.2, -0.15) is 0 Å². The van der Waals surface area contributed by atoms with Crippen molar-refractivity contribution in [1.29, 1.82) is 0 Å². The SMILES string of the molecule is [CH2]C(C)n1ccnc1. The van der Waals surface area contributed by atoms with Crippen LogP contribution < -0.4 is 0 Å². The highest BCUT2D eigenvalue weighted by Crippen LogP contribution is 1.99. The molecule has 1 aromatic rings. The van der Waals surface area contributed by atoms with Crippen LogP contribution in [-0.4, -0.2) is 9.55 Å². The molecular formula is C6H9N2. The fourth-order valence-corrected chi connectivity index (χ4v) is 0.530. The quantitative estimate of drug-likeness (QED) is 0.531. The predicted molar refractivity (Wildman–Crippen MR) is 32.3 cm³/mol. The number of imidazole rings is 1. The van der Waals surface area contributed by atoms with Gasteiger partial charge in [-0.3, -0.25) is 0 Å². The van der Waals surface area contributed by atoms with E-state index in [1.807, 2.05) is 17.7 Å². The molecule has 0 amide bonds. The van der Waals surface area contributed by atoms with E-state index in [1.165, 1.54) is 0 Å². The van der Waals surface area contributed by atoms with Gasteiger partial charge in [-0.05, 0) is 13.8 Å². The zero-order valence-corrected chi connectivity index (χ0v) is 4.91. The van der Waals surface area contributed by atoms with Crippen molar-refractivity contribution in [2.45, 2.75) is 13.0 Å². The van der Waals surface area contributed by atoms with Gasteiger partial charge >= 0.3 is 0 Å². The van der Waals surface area contributed by atoms with E-state index in [0.717, 1.165) is 0 Å². The molecule has 1 heterocycles. The Balaban J connectivity index is 2.77. The summed E-state index contributed by atoms with van der Waals surface area (Å²) in [6.07, 6.45) is 5.41. The minimum atomic E-state index is 0.289. The Bertz CT molecular complexity index is 142. The molecule has 0 spiro atoms. The molecule has 0 saturated carbocycles. The topological polar surface area (TPSA) is 17.8 Å². The van der Waals surface area contributed by atoms with Gasteiger partial charge in [0.25, 0.3) is 0 Å². The number of hydrogen-bond acceptors (Lipinski definition) is 1. The Morgan fingerprint density at radius 1 is 1.75 bits per heavy atom. The molecule has 1 rings (SSSR count). The van der Waals surface area contributed by atoms with Crippen LogP contribution in [0.25, 0.3) is 0 Å². The third-order valence-electron chi connectivity index (χ3n) is 1.03. The predicted octanol–water partition coefficient (Wildman–Crippen LogP) is 1.28. The first kappa shape index (κ1) is 5.35. The summed E-state index contributed by atoms with van der Waals surface area (Å²) in [5.41, 5.74) is 0. The Morgan fingerprint density at radius 2 is 2.50 bits per heavy atom. The average molecular weight is 109 g/mol. The lowest BCUT2D eigenvalue weighted by Crippen LogP contribution is -1.95. The van der Waals surface area contributed by atoms with E-state index in [-0.39, 0.29) is 6.04 Å². The summed E-state index contributed by atoms with van der Waals surface area (Å²) in [4.78, 5) is 3.87. The lowest BCUT2D eigenvalue weighted by molar-refractivity contribution is 0.656. The van der Waals surface area contributed by atoms with Crippen LogP contribution in [0.4, 0.5) is 0 Å². The molecule has 8 heavy (non-hydrogen) atoms. The maximum Gasteiger partial charge on any atom is 0.0948 e. The standard InChI is InChI=1S/C6H9N2/c1-6(2)8-4-3-7-5-8/h3-6H,1H2,2H3. The number of rotatable bonds is 1. The Kier molecular flexibility index (Phi) is 1.33. The lowest BCUT2D eigenvalue weighted by Gasteiger charge is -2.02. The molecule has 2 heteroatoms. The molecule has 0 aliphatic rings. The van der Waals surface area contributed by atoms with Crippen LogP contribution in [0.5, 0.6) is 0 Å². The maximum absolute atomic E-state index is 3.87. The van der Waals surface area contributed by atoms with Crippen LogP contribution >= 0.6 is 0 Å². The minimum Gasteiger partial charge on any atom is -0.335 e. The van der Waals surface area contributed by atoms with Crippen LogP contribution in [0.15, 0.2) is 18.7 Å². The molecular weight excluding hydrogens is 100 g/mol. The summed E-state index contributed by atoms with van der Waals surface area (Å²) in [6.45, 7) is 5.82. The molecule has 0 N–H and O–H groups in total. The first-order chi connectivity index (χ1) is 3.80. The van der Waals surface area contributed by atoms with Gasteiger partial charge in [0.2, 0.25) is 0 Å². The highest BCUT2D eigenvalue weighted by atomic mass is 15.0. The van der Waals surface area contributed by atoms with Crippen LogP contribution in [0.1, 0.15) is 13.0 Å². The van der Waals surface area contributed by atoms with Gasteiger partial charge in [-0.25, -0.2) is 4.98 Å². The van der Waals surface area contributed by atoms with Gasteiger partial charge in [-0.1, -0.05) is 0 Å². The van der Waals surface area contributed by atoms with E-state index < -0.39 is 0 Å². The summed E-state index contributed by atoms with van der Waals surface area (Å²) >= 11 is 0. The average Bonchev–Trinajstić information content (AvgIpc) is 2.12.